The number of nitrogens with zero attached hydrogens (tertiary/aromatic N) is 2. The largest absolute Gasteiger partial charge is 0.342 e. The van der Waals surface area contributed by atoms with E-state index in [0.29, 0.717) is 0 Å². The van der Waals surface area contributed by atoms with Crippen molar-refractivity contribution in [2.75, 3.05) is 6.54 Å². The summed E-state index contributed by atoms with van der Waals surface area (Å²) in [5, 5.41) is 0. The summed E-state index contributed by atoms with van der Waals surface area (Å²) >= 11 is 0. The predicted molar refractivity (Wildman–Crippen MR) is 36.7 cm³/mol. The first-order valence-electron chi connectivity index (χ1n) is 2.98. The molecule has 2 heterocycles. The molecule has 0 bridgehead atoms. The molecule has 0 aromatic rings. The van der Waals surface area contributed by atoms with Crippen LogP contribution in [0.25, 0.3) is 0 Å². The van der Waals surface area contributed by atoms with Crippen molar-refractivity contribution in [3.8, 4) is 0 Å². The van der Waals surface area contributed by atoms with E-state index in [-0.39, 0.29) is 0 Å². The van der Waals surface area contributed by atoms with Gasteiger partial charge >= 0.3 is 0 Å². The summed E-state index contributed by atoms with van der Waals surface area (Å²) in [4.78, 5) is 6.21. The maximum Gasteiger partial charge on any atom is 0.129 e. The van der Waals surface area contributed by atoms with Gasteiger partial charge in [0.1, 0.15) is 5.82 Å². The van der Waals surface area contributed by atoms with Gasteiger partial charge in [-0.05, 0) is 6.08 Å². The Kier molecular flexibility index (Phi) is 0.918. The fourth-order valence-corrected chi connectivity index (χ4v) is 0.962. The highest BCUT2D eigenvalue weighted by atomic mass is 15.2. The molecule has 0 amide bonds. The Bertz CT molecular complexity index is 201. The van der Waals surface area contributed by atoms with Gasteiger partial charge in [0.2, 0.25) is 0 Å². The highest BCUT2D eigenvalue weighted by Gasteiger charge is 2.12. The van der Waals surface area contributed by atoms with E-state index in [2.05, 4.69) is 16.0 Å². The maximum atomic E-state index is 4.11. The minimum Gasteiger partial charge on any atom is -0.342 e. The molecule has 0 atom stereocenters. The van der Waals surface area contributed by atoms with Gasteiger partial charge in [0.15, 0.2) is 0 Å². The van der Waals surface area contributed by atoms with Crippen molar-refractivity contribution in [3.63, 3.8) is 0 Å². The zero-order chi connectivity index (χ0) is 6.10. The van der Waals surface area contributed by atoms with Crippen molar-refractivity contribution in [1.82, 2.24) is 4.90 Å². The van der Waals surface area contributed by atoms with Crippen LogP contribution in [0.15, 0.2) is 29.0 Å². The SMILES string of the molecule is [CH]1C=NC2=CC=CCN12. The fourth-order valence-electron chi connectivity index (χ4n) is 0.962. The normalized spacial score (nSPS) is 22.2. The molecule has 0 saturated heterocycles. The van der Waals surface area contributed by atoms with Crippen LogP contribution in [0.5, 0.6) is 0 Å². The summed E-state index contributed by atoms with van der Waals surface area (Å²) in [6.07, 6.45) is 7.96. The Labute approximate surface area is 54.2 Å². The second-order valence-electron chi connectivity index (χ2n) is 2.03. The second-order valence-corrected chi connectivity index (χ2v) is 2.03. The van der Waals surface area contributed by atoms with E-state index in [1.807, 2.05) is 24.9 Å². The van der Waals surface area contributed by atoms with Crippen LogP contribution in [0.3, 0.4) is 0 Å². The molecule has 0 spiro atoms. The van der Waals surface area contributed by atoms with Gasteiger partial charge in [0.05, 0.1) is 6.54 Å². The Morgan fingerprint density at radius 1 is 1.56 bits per heavy atom. The van der Waals surface area contributed by atoms with Crippen molar-refractivity contribution in [2.24, 2.45) is 4.99 Å². The first-order valence-corrected chi connectivity index (χ1v) is 2.98. The van der Waals surface area contributed by atoms with E-state index in [9.17, 15) is 0 Å². The van der Waals surface area contributed by atoms with Crippen LogP contribution in [0.2, 0.25) is 0 Å². The first-order chi connectivity index (χ1) is 4.47. The summed E-state index contributed by atoms with van der Waals surface area (Å²) in [5.41, 5.74) is 0. The minimum atomic E-state index is 0.964. The van der Waals surface area contributed by atoms with Crippen molar-refractivity contribution in [2.45, 2.75) is 0 Å². The lowest BCUT2D eigenvalue weighted by Gasteiger charge is -2.17. The third-order valence-electron chi connectivity index (χ3n) is 1.43. The molecule has 0 aromatic carbocycles. The third-order valence-corrected chi connectivity index (χ3v) is 1.43. The molecule has 0 fully saturated rings. The zero-order valence-electron chi connectivity index (χ0n) is 4.99. The molecule has 0 N–H and O–H groups in total. The van der Waals surface area contributed by atoms with Gasteiger partial charge in [-0.3, -0.25) is 0 Å². The monoisotopic (exact) mass is 119 g/mol. The lowest BCUT2D eigenvalue weighted by atomic mass is 10.3. The van der Waals surface area contributed by atoms with Crippen molar-refractivity contribution in [3.05, 3.63) is 30.6 Å². The lowest BCUT2D eigenvalue weighted by molar-refractivity contribution is 0.497. The average Bonchev–Trinajstić information content (AvgIpc) is 2.33. The van der Waals surface area contributed by atoms with E-state index in [1.165, 1.54) is 0 Å². The van der Waals surface area contributed by atoms with Gasteiger partial charge in [0, 0.05) is 12.8 Å². The molecule has 0 unspecified atom stereocenters. The average molecular weight is 119 g/mol. The van der Waals surface area contributed by atoms with Gasteiger partial charge in [-0.15, -0.1) is 0 Å². The lowest BCUT2D eigenvalue weighted by Crippen LogP contribution is -2.16. The predicted octanol–water partition coefficient (Wildman–Crippen LogP) is 0.946. The molecular weight excluding hydrogens is 112 g/mol. The summed E-state index contributed by atoms with van der Waals surface area (Å²) in [6, 6.07) is 0. The minimum absolute atomic E-state index is 0.964. The summed E-state index contributed by atoms with van der Waals surface area (Å²) in [6.45, 7) is 2.95. The van der Waals surface area contributed by atoms with E-state index < -0.39 is 0 Å². The molecule has 0 aromatic heterocycles. The number of hydrogen-bond donors (Lipinski definition) is 0. The Hall–Kier alpha value is -1.05. The molecule has 0 aliphatic carbocycles. The molecular formula is C7H7N2. The van der Waals surface area contributed by atoms with Gasteiger partial charge in [-0.2, -0.15) is 0 Å². The molecule has 0 saturated carbocycles. The summed E-state index contributed by atoms with van der Waals surface area (Å²) < 4.78 is 0. The van der Waals surface area contributed by atoms with Crippen LogP contribution in [0.1, 0.15) is 0 Å². The topological polar surface area (TPSA) is 15.6 Å². The van der Waals surface area contributed by atoms with Crippen LogP contribution in [-0.2, 0) is 0 Å². The van der Waals surface area contributed by atoms with Crippen LogP contribution in [-0.4, -0.2) is 17.7 Å². The summed E-state index contributed by atoms with van der Waals surface area (Å²) in [7, 11) is 0. The maximum absolute atomic E-state index is 4.11. The number of aliphatic imine (C=N–C) groups is 1. The Morgan fingerprint density at radius 3 is 3.44 bits per heavy atom. The van der Waals surface area contributed by atoms with Gasteiger partial charge in [-0.1, -0.05) is 12.2 Å². The smallest absolute Gasteiger partial charge is 0.129 e. The quantitative estimate of drug-likeness (QED) is 0.463. The number of allylic oxidation sites excluding steroid dienone is 2. The number of hydrogen-bond acceptors (Lipinski definition) is 2. The van der Waals surface area contributed by atoms with Crippen LogP contribution >= 0.6 is 0 Å². The second kappa shape index (κ2) is 1.72. The highest BCUT2D eigenvalue weighted by molar-refractivity contribution is 5.72. The summed E-state index contributed by atoms with van der Waals surface area (Å²) in [5.74, 6) is 1.05. The Morgan fingerprint density at radius 2 is 2.56 bits per heavy atom. The van der Waals surface area contributed by atoms with Crippen molar-refractivity contribution in [1.29, 1.82) is 0 Å². The van der Waals surface area contributed by atoms with Gasteiger partial charge in [-0.25, -0.2) is 4.99 Å². The fraction of sp³-hybridized carbons (Fsp3) is 0.143. The van der Waals surface area contributed by atoms with Crippen molar-refractivity contribution < 1.29 is 0 Å². The molecule has 2 aliphatic heterocycles. The zero-order valence-corrected chi connectivity index (χ0v) is 4.99. The van der Waals surface area contributed by atoms with Crippen LogP contribution < -0.4 is 0 Å². The van der Waals surface area contributed by atoms with E-state index in [4.69, 9.17) is 0 Å². The van der Waals surface area contributed by atoms with Crippen molar-refractivity contribution >= 4 is 6.21 Å². The number of rotatable bonds is 0. The van der Waals surface area contributed by atoms with E-state index in [0.717, 1.165) is 12.4 Å². The molecule has 2 nitrogen and oxygen atoms in total. The van der Waals surface area contributed by atoms with E-state index >= 15 is 0 Å². The highest BCUT2D eigenvalue weighted by Crippen LogP contribution is 2.16. The standard InChI is InChI=1S/C7H7N2/c1-2-5-9-6-4-8-7(9)3-1/h1-4,6H,5H2. The first kappa shape index (κ1) is 4.79. The van der Waals surface area contributed by atoms with Crippen LogP contribution in [0, 0.1) is 6.54 Å². The molecule has 2 rings (SSSR count). The third kappa shape index (κ3) is 0.669. The molecule has 2 aliphatic rings. The van der Waals surface area contributed by atoms with Gasteiger partial charge in [0.25, 0.3) is 0 Å². The number of fused-ring (bicyclic) bond motifs is 1. The van der Waals surface area contributed by atoms with Gasteiger partial charge < -0.3 is 4.90 Å². The molecule has 9 heavy (non-hydrogen) atoms. The van der Waals surface area contributed by atoms with Crippen LogP contribution in [0.4, 0.5) is 0 Å². The molecule has 45 valence electrons. The van der Waals surface area contributed by atoms with E-state index in [1.54, 1.807) is 0 Å². The molecule has 1 radical (unpaired) electrons. The molecule has 2 heteroatoms. The Balaban J connectivity index is 2.31.